The van der Waals surface area contributed by atoms with Crippen LogP contribution in [-0.4, -0.2) is 44.0 Å². The molecule has 0 aromatic heterocycles. The van der Waals surface area contributed by atoms with E-state index in [9.17, 15) is 0 Å². The second-order valence-corrected chi connectivity index (χ2v) is 30.5. The van der Waals surface area contributed by atoms with Crippen LogP contribution >= 0.6 is 7.92 Å². The van der Waals surface area contributed by atoms with Gasteiger partial charge in [-0.2, -0.15) is 0 Å². The number of rotatable bonds is 24. The Hall–Kier alpha value is -0.235. The predicted octanol–water partition coefficient (Wildman–Crippen LogP) is 10.4. The summed E-state index contributed by atoms with van der Waals surface area (Å²) in [6.07, 6.45) is 16.3. The molecule has 3 aromatic carbocycles. The van der Waals surface area contributed by atoms with Crippen LogP contribution in [0, 0.1) is 0 Å². The molecule has 0 N–H and O–H groups in total. The standard InChI is InChI=1S/C42H66As3P/c1-7-13-31-43(32-14-8-2)37-25-19-22-28-40(37)46(41-29-23-20-26-38(41)44(33-15-9-3)34-16-10-4)42-30-24-21-27-39(42)45(35-17-11-5)36-18-12-6/h19-30H,7-18,31-36H2,1-6H3. The molecule has 0 saturated heterocycles. The van der Waals surface area contributed by atoms with Gasteiger partial charge in [0.2, 0.25) is 0 Å². The summed E-state index contributed by atoms with van der Waals surface area (Å²) in [4.78, 5) is 0. The van der Waals surface area contributed by atoms with Gasteiger partial charge in [-0.1, -0.05) is 0 Å². The summed E-state index contributed by atoms with van der Waals surface area (Å²) in [5, 5.41) is 14.1. The monoisotopic (exact) mass is 826 g/mol. The third-order valence-corrected chi connectivity index (χ3v) is 30.4. The summed E-state index contributed by atoms with van der Waals surface area (Å²) >= 11 is -3.52. The van der Waals surface area contributed by atoms with Gasteiger partial charge in [0.25, 0.3) is 0 Å². The van der Waals surface area contributed by atoms with Crippen molar-refractivity contribution < 1.29 is 0 Å². The van der Waals surface area contributed by atoms with Gasteiger partial charge >= 0.3 is 303 Å². The third-order valence-electron chi connectivity index (χ3n) is 9.08. The van der Waals surface area contributed by atoms with Crippen LogP contribution in [0.15, 0.2) is 72.8 Å². The molecule has 0 aliphatic carbocycles. The quantitative estimate of drug-likeness (QED) is 0.0624. The number of hydrogen-bond acceptors (Lipinski definition) is 0. The van der Waals surface area contributed by atoms with Gasteiger partial charge < -0.3 is 0 Å². The summed E-state index contributed by atoms with van der Waals surface area (Å²) in [5.74, 6) is 0. The van der Waals surface area contributed by atoms with Gasteiger partial charge in [0.15, 0.2) is 0 Å². The fourth-order valence-electron chi connectivity index (χ4n) is 6.30. The molecule has 0 aliphatic rings. The van der Waals surface area contributed by atoms with E-state index in [-0.39, 0.29) is 0 Å². The van der Waals surface area contributed by atoms with E-state index in [1.54, 1.807) is 15.9 Å². The minimum atomic E-state index is -1.17. The van der Waals surface area contributed by atoms with E-state index in [0.717, 1.165) is 0 Å². The first-order chi connectivity index (χ1) is 22.6. The normalized spacial score (nSPS) is 11.9. The molecule has 0 spiro atoms. The third kappa shape index (κ3) is 12.3. The second-order valence-electron chi connectivity index (χ2n) is 12.9. The van der Waals surface area contributed by atoms with Gasteiger partial charge in [0.1, 0.15) is 0 Å². The van der Waals surface area contributed by atoms with Crippen LogP contribution in [0.1, 0.15) is 119 Å². The fourth-order valence-corrected chi connectivity index (χ4v) is 30.4. The van der Waals surface area contributed by atoms with Crippen LogP contribution in [-0.2, 0) is 0 Å². The Kier molecular flexibility index (Phi) is 21.0. The van der Waals surface area contributed by atoms with Gasteiger partial charge in [-0.05, 0) is 0 Å². The van der Waals surface area contributed by atoms with Gasteiger partial charge in [0, 0.05) is 0 Å². The van der Waals surface area contributed by atoms with Gasteiger partial charge in [-0.15, -0.1) is 0 Å². The Labute approximate surface area is 301 Å². The van der Waals surface area contributed by atoms with Crippen molar-refractivity contribution in [1.82, 2.24) is 0 Å². The molecule has 0 nitrogen and oxygen atoms in total. The SMILES string of the molecule is CCCC[As](CCCC)c1ccccc1P(c1ccccc1[As](CCCC)CCCC)c1ccccc1[As](CCCC)CCCC. The maximum absolute atomic E-state index is 2.62. The minimum absolute atomic E-state index is 0.586. The molecule has 46 heavy (non-hydrogen) atoms. The van der Waals surface area contributed by atoms with E-state index in [0.29, 0.717) is 0 Å². The molecule has 0 heterocycles. The molecule has 3 aromatic rings. The van der Waals surface area contributed by atoms with Gasteiger partial charge in [0.05, 0.1) is 0 Å². The van der Waals surface area contributed by atoms with Crippen molar-refractivity contribution in [1.29, 1.82) is 0 Å². The number of benzene rings is 3. The van der Waals surface area contributed by atoms with Crippen LogP contribution in [0.5, 0.6) is 0 Å². The number of hydrogen-bond donors (Lipinski definition) is 0. The Balaban J connectivity index is 2.34. The molecule has 0 radical (unpaired) electrons. The summed E-state index contributed by atoms with van der Waals surface area (Å²) < 4.78 is 5.49. The number of unbranched alkanes of at least 4 members (excludes halogenated alkanes) is 6. The van der Waals surface area contributed by atoms with E-state index in [2.05, 4.69) is 114 Å². The molecule has 0 saturated carbocycles. The Morgan fingerprint density at radius 3 is 0.783 bits per heavy atom. The Morgan fingerprint density at radius 2 is 0.565 bits per heavy atom. The van der Waals surface area contributed by atoms with Crippen LogP contribution in [0.25, 0.3) is 0 Å². The van der Waals surface area contributed by atoms with Crippen molar-refractivity contribution in [3.8, 4) is 0 Å². The van der Waals surface area contributed by atoms with Crippen LogP contribution in [0.2, 0.25) is 31.3 Å². The van der Waals surface area contributed by atoms with E-state index >= 15 is 0 Å². The van der Waals surface area contributed by atoms with Crippen molar-refractivity contribution in [3.05, 3.63) is 72.8 Å². The second kappa shape index (κ2) is 24.0. The Morgan fingerprint density at radius 1 is 0.348 bits per heavy atom. The van der Waals surface area contributed by atoms with E-state index in [1.165, 1.54) is 108 Å². The zero-order valence-electron chi connectivity index (χ0n) is 30.4. The molecule has 0 atom stereocenters. The van der Waals surface area contributed by atoms with E-state index < -0.39 is 51.9 Å². The summed E-state index contributed by atoms with van der Waals surface area (Å²) in [6.45, 7) is 14.4. The van der Waals surface area contributed by atoms with Crippen molar-refractivity contribution in [2.45, 2.75) is 150 Å². The molecule has 0 bridgehead atoms. The topological polar surface area (TPSA) is 0 Å². The van der Waals surface area contributed by atoms with E-state index in [4.69, 9.17) is 0 Å². The molecule has 3 rings (SSSR count). The van der Waals surface area contributed by atoms with Crippen LogP contribution < -0.4 is 29.0 Å². The predicted molar refractivity (Wildman–Crippen MR) is 220 cm³/mol. The van der Waals surface area contributed by atoms with Crippen molar-refractivity contribution in [2.75, 3.05) is 0 Å². The average Bonchev–Trinajstić information content (AvgIpc) is 3.10. The molecule has 0 aliphatic heterocycles. The summed E-state index contributed by atoms with van der Waals surface area (Å²) in [7, 11) is -0.586. The van der Waals surface area contributed by atoms with Crippen molar-refractivity contribution >= 4 is 80.8 Å². The molecule has 254 valence electrons. The fraction of sp³-hybridized carbons (Fsp3) is 0.571. The first-order valence-corrected chi connectivity index (χ1v) is 31.1. The Bertz CT molecular complexity index is 1050. The van der Waals surface area contributed by atoms with E-state index in [1.807, 2.05) is 13.1 Å². The molecule has 4 heteroatoms. The molecular weight excluding hydrogens is 760 g/mol. The van der Waals surface area contributed by atoms with Crippen LogP contribution in [0.3, 0.4) is 0 Å². The molecule has 0 unspecified atom stereocenters. The average molecular weight is 827 g/mol. The van der Waals surface area contributed by atoms with Crippen LogP contribution in [0.4, 0.5) is 0 Å². The molecular formula is C42H66As3P. The molecule has 0 amide bonds. The van der Waals surface area contributed by atoms with Gasteiger partial charge in [-0.25, -0.2) is 0 Å². The van der Waals surface area contributed by atoms with Gasteiger partial charge in [-0.3, -0.25) is 0 Å². The first kappa shape index (κ1) is 40.2. The zero-order valence-corrected chi connectivity index (χ0v) is 37.0. The summed E-state index contributed by atoms with van der Waals surface area (Å²) in [6, 6.07) is 30.1. The molecule has 0 fully saturated rings. The first-order valence-electron chi connectivity index (χ1n) is 19.0. The summed E-state index contributed by atoms with van der Waals surface area (Å²) in [5.41, 5.74) is 0. The van der Waals surface area contributed by atoms with Crippen molar-refractivity contribution in [3.63, 3.8) is 0 Å². The zero-order chi connectivity index (χ0) is 33.0. The van der Waals surface area contributed by atoms with Crippen molar-refractivity contribution in [2.24, 2.45) is 0 Å². The maximum atomic E-state index is 2.62.